The number of hydrogen-bond acceptors (Lipinski definition) is 3. The van der Waals surface area contributed by atoms with Gasteiger partial charge in [-0.15, -0.1) is 0 Å². The Morgan fingerprint density at radius 1 is 1.50 bits per heavy atom. The van der Waals surface area contributed by atoms with Gasteiger partial charge < -0.3 is 10.1 Å². The summed E-state index contributed by atoms with van der Waals surface area (Å²) in [6.07, 6.45) is 3.78. The van der Waals surface area contributed by atoms with Crippen LogP contribution < -0.4 is 5.32 Å². The molecule has 3 unspecified atom stereocenters. The molecule has 2 rings (SSSR count). The summed E-state index contributed by atoms with van der Waals surface area (Å²) in [5.74, 6) is 0.760. The van der Waals surface area contributed by atoms with Gasteiger partial charge >= 0.3 is 0 Å². The molecule has 0 aromatic carbocycles. The second-order valence-corrected chi connectivity index (χ2v) is 5.27. The van der Waals surface area contributed by atoms with Gasteiger partial charge in [0.05, 0.1) is 6.61 Å². The fraction of sp³-hybridized carbons (Fsp3) is 1.00. The van der Waals surface area contributed by atoms with Crippen LogP contribution in [0.4, 0.5) is 0 Å². The van der Waals surface area contributed by atoms with Gasteiger partial charge in [0.2, 0.25) is 0 Å². The van der Waals surface area contributed by atoms with E-state index in [4.69, 9.17) is 4.74 Å². The number of hydrogen-bond donors (Lipinski definition) is 1. The predicted molar refractivity (Wildman–Crippen MR) is 66.7 cm³/mol. The third kappa shape index (κ3) is 2.96. The van der Waals surface area contributed by atoms with E-state index in [2.05, 4.69) is 24.1 Å². The Hall–Kier alpha value is -0.120. The van der Waals surface area contributed by atoms with E-state index < -0.39 is 0 Å². The van der Waals surface area contributed by atoms with Crippen molar-refractivity contribution < 1.29 is 4.74 Å². The van der Waals surface area contributed by atoms with Crippen molar-refractivity contribution in [1.82, 2.24) is 10.2 Å². The molecule has 0 aromatic heterocycles. The highest BCUT2D eigenvalue weighted by molar-refractivity contribution is 4.83. The highest BCUT2D eigenvalue weighted by atomic mass is 16.5. The quantitative estimate of drug-likeness (QED) is 0.789. The number of ether oxygens (including phenoxy) is 1. The van der Waals surface area contributed by atoms with E-state index in [1.807, 2.05) is 0 Å². The summed E-state index contributed by atoms with van der Waals surface area (Å²) in [7, 11) is 0. The maximum atomic E-state index is 5.51. The Morgan fingerprint density at radius 2 is 2.38 bits per heavy atom. The lowest BCUT2D eigenvalue weighted by molar-refractivity contribution is 0.125. The highest BCUT2D eigenvalue weighted by Gasteiger charge is 2.28. The molecule has 16 heavy (non-hydrogen) atoms. The van der Waals surface area contributed by atoms with Crippen LogP contribution in [0.3, 0.4) is 0 Å². The van der Waals surface area contributed by atoms with Gasteiger partial charge in [-0.2, -0.15) is 0 Å². The second-order valence-electron chi connectivity index (χ2n) is 5.27. The number of nitrogens with one attached hydrogen (secondary N) is 1. The molecular weight excluding hydrogens is 200 g/mol. The molecule has 0 saturated carbocycles. The van der Waals surface area contributed by atoms with Crippen molar-refractivity contribution >= 4 is 0 Å². The average Bonchev–Trinajstić information content (AvgIpc) is 2.73. The Kier molecular flexibility index (Phi) is 4.62. The summed E-state index contributed by atoms with van der Waals surface area (Å²) < 4.78 is 5.51. The van der Waals surface area contributed by atoms with Crippen LogP contribution in [0.25, 0.3) is 0 Å². The average molecular weight is 226 g/mol. The summed E-state index contributed by atoms with van der Waals surface area (Å²) in [4.78, 5) is 2.67. The van der Waals surface area contributed by atoms with E-state index in [1.165, 1.54) is 38.9 Å². The molecule has 0 radical (unpaired) electrons. The summed E-state index contributed by atoms with van der Waals surface area (Å²) >= 11 is 0. The zero-order valence-electron chi connectivity index (χ0n) is 10.7. The lowest BCUT2D eigenvalue weighted by Gasteiger charge is -2.33. The van der Waals surface area contributed by atoms with Gasteiger partial charge in [0, 0.05) is 25.2 Å². The van der Waals surface area contributed by atoms with Crippen LogP contribution in [0.1, 0.15) is 33.1 Å². The van der Waals surface area contributed by atoms with Gasteiger partial charge in [0.25, 0.3) is 0 Å². The van der Waals surface area contributed by atoms with Gasteiger partial charge in [0.15, 0.2) is 0 Å². The molecule has 2 heterocycles. The first kappa shape index (κ1) is 12.3. The van der Waals surface area contributed by atoms with E-state index in [9.17, 15) is 0 Å². The minimum Gasteiger partial charge on any atom is -0.381 e. The molecule has 0 aromatic rings. The maximum Gasteiger partial charge on any atom is 0.0509 e. The summed E-state index contributed by atoms with van der Waals surface area (Å²) in [5.41, 5.74) is 0. The van der Waals surface area contributed by atoms with Gasteiger partial charge in [-0.3, -0.25) is 4.90 Å². The van der Waals surface area contributed by atoms with Crippen molar-refractivity contribution in [2.24, 2.45) is 5.92 Å². The summed E-state index contributed by atoms with van der Waals surface area (Å²) in [6.45, 7) is 10.3. The molecule has 2 aliphatic rings. The summed E-state index contributed by atoms with van der Waals surface area (Å²) in [6, 6.07) is 1.38. The van der Waals surface area contributed by atoms with Crippen LogP contribution in [0, 0.1) is 5.92 Å². The van der Waals surface area contributed by atoms with E-state index in [0.717, 1.165) is 19.1 Å². The lowest BCUT2D eigenvalue weighted by Crippen LogP contribution is -2.44. The van der Waals surface area contributed by atoms with Crippen LogP contribution in [-0.2, 0) is 4.74 Å². The van der Waals surface area contributed by atoms with Gasteiger partial charge in [-0.05, 0) is 45.2 Å². The predicted octanol–water partition coefficient (Wildman–Crippen LogP) is 1.49. The topological polar surface area (TPSA) is 24.5 Å². The van der Waals surface area contributed by atoms with Crippen molar-refractivity contribution in [1.29, 1.82) is 0 Å². The Bertz CT molecular complexity index is 204. The van der Waals surface area contributed by atoms with Crippen LogP contribution in [0.5, 0.6) is 0 Å². The lowest BCUT2D eigenvalue weighted by atomic mass is 9.98. The molecule has 0 spiro atoms. The fourth-order valence-electron chi connectivity index (χ4n) is 2.90. The van der Waals surface area contributed by atoms with E-state index in [0.29, 0.717) is 12.1 Å². The van der Waals surface area contributed by atoms with E-state index in [1.54, 1.807) is 0 Å². The van der Waals surface area contributed by atoms with Crippen molar-refractivity contribution in [2.75, 3.05) is 32.8 Å². The molecule has 0 amide bonds. The molecule has 3 nitrogen and oxygen atoms in total. The molecule has 2 saturated heterocycles. The summed E-state index contributed by atoms with van der Waals surface area (Å²) in [5, 5.41) is 3.63. The fourth-order valence-corrected chi connectivity index (χ4v) is 2.90. The third-order valence-electron chi connectivity index (χ3n) is 4.23. The van der Waals surface area contributed by atoms with Crippen molar-refractivity contribution in [3.63, 3.8) is 0 Å². The standard InChI is InChI=1S/C13H26N2O/c1-3-13-9-15(7-4-6-14-13)11(2)12-5-8-16-10-12/h11-14H,3-10H2,1-2H3. The van der Waals surface area contributed by atoms with E-state index >= 15 is 0 Å². The van der Waals surface area contributed by atoms with Gasteiger partial charge in [0.1, 0.15) is 0 Å². The molecule has 0 aliphatic carbocycles. The number of rotatable bonds is 3. The minimum absolute atomic E-state index is 0.687. The van der Waals surface area contributed by atoms with Crippen LogP contribution in [0.2, 0.25) is 0 Å². The van der Waals surface area contributed by atoms with Crippen LogP contribution in [-0.4, -0.2) is 49.8 Å². The van der Waals surface area contributed by atoms with Crippen LogP contribution in [0.15, 0.2) is 0 Å². The maximum absolute atomic E-state index is 5.51. The normalized spacial score (nSPS) is 34.9. The number of nitrogens with zero attached hydrogens (tertiary/aromatic N) is 1. The third-order valence-corrected chi connectivity index (χ3v) is 4.23. The zero-order chi connectivity index (χ0) is 11.4. The zero-order valence-corrected chi connectivity index (χ0v) is 10.7. The second kappa shape index (κ2) is 5.99. The Balaban J connectivity index is 1.89. The first-order valence-electron chi connectivity index (χ1n) is 6.86. The molecule has 2 fully saturated rings. The highest BCUT2D eigenvalue weighted by Crippen LogP contribution is 2.22. The van der Waals surface area contributed by atoms with Gasteiger partial charge in [-0.25, -0.2) is 0 Å². The van der Waals surface area contributed by atoms with Gasteiger partial charge in [-0.1, -0.05) is 6.92 Å². The Labute approximate surface area is 99.5 Å². The van der Waals surface area contributed by atoms with E-state index in [-0.39, 0.29) is 0 Å². The minimum atomic E-state index is 0.687. The molecule has 94 valence electrons. The van der Waals surface area contributed by atoms with Crippen molar-refractivity contribution in [2.45, 2.75) is 45.2 Å². The molecule has 0 bridgehead atoms. The molecule has 3 heteroatoms. The first-order valence-corrected chi connectivity index (χ1v) is 6.86. The first-order chi connectivity index (χ1) is 7.81. The molecule has 2 aliphatic heterocycles. The monoisotopic (exact) mass is 226 g/mol. The molecular formula is C13H26N2O. The molecule has 3 atom stereocenters. The molecule has 1 N–H and O–H groups in total. The smallest absolute Gasteiger partial charge is 0.0509 e. The SMILES string of the molecule is CCC1CN(C(C)C2CCOC2)CCCN1. The van der Waals surface area contributed by atoms with Crippen molar-refractivity contribution in [3.8, 4) is 0 Å². The van der Waals surface area contributed by atoms with Crippen molar-refractivity contribution in [3.05, 3.63) is 0 Å². The Morgan fingerprint density at radius 3 is 3.06 bits per heavy atom. The van der Waals surface area contributed by atoms with Crippen LogP contribution >= 0.6 is 0 Å². The largest absolute Gasteiger partial charge is 0.381 e.